The third-order valence-corrected chi connectivity index (χ3v) is 5.00. The Morgan fingerprint density at radius 2 is 2.07 bits per heavy atom. The Morgan fingerprint density at radius 3 is 2.79 bits per heavy atom. The number of benzene rings is 1. The molecule has 0 aliphatic carbocycles. The molecule has 0 atom stereocenters. The Labute approximate surface area is 162 Å². The van der Waals surface area contributed by atoms with E-state index >= 15 is 0 Å². The van der Waals surface area contributed by atoms with Crippen LogP contribution in [0.4, 0.5) is 8.78 Å². The quantitative estimate of drug-likeness (QED) is 0.619. The number of hydrogen-bond acceptors (Lipinski definition) is 6. The van der Waals surface area contributed by atoms with Crippen molar-refractivity contribution < 1.29 is 23.0 Å². The van der Waals surface area contributed by atoms with Gasteiger partial charge in [0.25, 0.3) is 5.56 Å². The molecule has 2 heterocycles. The van der Waals surface area contributed by atoms with Gasteiger partial charge in [-0.15, -0.1) is 11.3 Å². The number of thiophene rings is 1. The maximum Gasteiger partial charge on any atom is 0.387 e. The van der Waals surface area contributed by atoms with Gasteiger partial charge in [-0.25, -0.2) is 9.78 Å². The molecular formula is C19H16F2N2O4S. The lowest BCUT2D eigenvalue weighted by molar-refractivity contribution is -0.0499. The summed E-state index contributed by atoms with van der Waals surface area (Å²) in [6, 6.07) is 6.26. The van der Waals surface area contributed by atoms with Crippen molar-refractivity contribution in [3.05, 3.63) is 56.4 Å². The van der Waals surface area contributed by atoms with Crippen molar-refractivity contribution in [2.75, 3.05) is 6.61 Å². The highest BCUT2D eigenvalue weighted by Gasteiger charge is 2.19. The molecule has 0 unspecified atom stereocenters. The lowest BCUT2D eigenvalue weighted by Gasteiger charge is -2.07. The smallest absolute Gasteiger partial charge is 0.387 e. The van der Waals surface area contributed by atoms with Crippen LogP contribution in [0.3, 0.4) is 0 Å². The predicted molar refractivity (Wildman–Crippen MR) is 103 cm³/mol. The standard InChI is InChI=1S/C19H16F2N2O4S/c1-3-26-18(25)15-10(2)14-16(24)22-13(23-17(14)28-15)9-8-11-6-4-5-7-12(11)27-19(20)21/h4-9,19H,3H2,1-2H3,(H,22,23,24). The third kappa shape index (κ3) is 4.09. The fraction of sp³-hybridized carbons (Fsp3) is 0.211. The molecule has 1 aromatic carbocycles. The number of aromatic nitrogens is 2. The van der Waals surface area contributed by atoms with Gasteiger partial charge in [0.2, 0.25) is 0 Å². The molecule has 0 fully saturated rings. The first-order chi connectivity index (χ1) is 13.4. The molecule has 0 aliphatic heterocycles. The second-order valence-corrected chi connectivity index (χ2v) is 6.66. The van der Waals surface area contributed by atoms with Crippen LogP contribution in [0.2, 0.25) is 0 Å². The molecule has 28 heavy (non-hydrogen) atoms. The minimum absolute atomic E-state index is 0.00809. The number of halogens is 2. The van der Waals surface area contributed by atoms with E-state index in [4.69, 9.17) is 4.74 Å². The Hall–Kier alpha value is -3.07. The normalized spacial score (nSPS) is 11.5. The minimum Gasteiger partial charge on any atom is -0.462 e. The number of carbonyl (C=O) groups is 1. The summed E-state index contributed by atoms with van der Waals surface area (Å²) in [6.07, 6.45) is 2.99. The van der Waals surface area contributed by atoms with Crippen LogP contribution in [0.5, 0.6) is 5.75 Å². The number of hydrogen-bond donors (Lipinski definition) is 1. The first-order valence-electron chi connectivity index (χ1n) is 8.33. The van der Waals surface area contributed by atoms with Crippen LogP contribution >= 0.6 is 11.3 Å². The molecule has 9 heteroatoms. The summed E-state index contributed by atoms with van der Waals surface area (Å²) in [4.78, 5) is 32.1. The zero-order valence-electron chi connectivity index (χ0n) is 15.0. The van der Waals surface area contributed by atoms with Crippen LogP contribution in [0.15, 0.2) is 29.1 Å². The fourth-order valence-corrected chi connectivity index (χ4v) is 3.70. The largest absolute Gasteiger partial charge is 0.462 e. The van der Waals surface area contributed by atoms with Crippen molar-refractivity contribution in [1.82, 2.24) is 9.97 Å². The summed E-state index contributed by atoms with van der Waals surface area (Å²) in [5, 5.41) is 0.326. The SMILES string of the molecule is CCOC(=O)c1sc2nc(C=Cc3ccccc3OC(F)F)[nH]c(=O)c2c1C. The van der Waals surface area contributed by atoms with E-state index in [-0.39, 0.29) is 18.2 Å². The van der Waals surface area contributed by atoms with Gasteiger partial charge in [-0.3, -0.25) is 4.79 Å². The summed E-state index contributed by atoms with van der Waals surface area (Å²) in [7, 11) is 0. The molecule has 0 saturated carbocycles. The second kappa shape index (κ2) is 8.30. The molecule has 1 N–H and O–H groups in total. The van der Waals surface area contributed by atoms with Gasteiger partial charge in [-0.2, -0.15) is 8.78 Å². The number of H-pyrrole nitrogens is 1. The molecule has 0 radical (unpaired) electrons. The number of ether oxygens (including phenoxy) is 2. The average Bonchev–Trinajstić information content (AvgIpc) is 2.98. The topological polar surface area (TPSA) is 81.3 Å². The van der Waals surface area contributed by atoms with E-state index in [1.807, 2.05) is 0 Å². The second-order valence-electron chi connectivity index (χ2n) is 5.66. The molecule has 0 spiro atoms. The number of alkyl halides is 2. The van der Waals surface area contributed by atoms with Crippen LogP contribution in [0.25, 0.3) is 22.4 Å². The van der Waals surface area contributed by atoms with E-state index in [0.29, 0.717) is 26.2 Å². The highest BCUT2D eigenvalue weighted by Crippen LogP contribution is 2.28. The number of nitrogens with zero attached hydrogens (tertiary/aromatic N) is 1. The number of carbonyl (C=O) groups excluding carboxylic acids is 1. The lowest BCUT2D eigenvalue weighted by atomic mass is 10.2. The Kier molecular flexibility index (Phi) is 5.84. The fourth-order valence-electron chi connectivity index (χ4n) is 2.62. The van der Waals surface area contributed by atoms with Gasteiger partial charge in [0.15, 0.2) is 0 Å². The number of para-hydroxylation sites is 1. The number of esters is 1. The zero-order valence-corrected chi connectivity index (χ0v) is 15.8. The molecular weight excluding hydrogens is 390 g/mol. The van der Waals surface area contributed by atoms with E-state index < -0.39 is 18.1 Å². The van der Waals surface area contributed by atoms with Crippen molar-refractivity contribution in [2.45, 2.75) is 20.5 Å². The molecule has 0 amide bonds. The van der Waals surface area contributed by atoms with Crippen LogP contribution in [-0.4, -0.2) is 29.2 Å². The zero-order chi connectivity index (χ0) is 20.3. The number of aryl methyl sites for hydroxylation is 1. The number of aromatic amines is 1. The van der Waals surface area contributed by atoms with Gasteiger partial charge >= 0.3 is 12.6 Å². The number of nitrogens with one attached hydrogen (secondary N) is 1. The van der Waals surface area contributed by atoms with E-state index in [0.717, 1.165) is 11.3 Å². The molecule has 6 nitrogen and oxygen atoms in total. The van der Waals surface area contributed by atoms with Crippen molar-refractivity contribution in [3.8, 4) is 5.75 Å². The Balaban J connectivity index is 1.98. The summed E-state index contributed by atoms with van der Waals surface area (Å²) >= 11 is 1.07. The predicted octanol–water partition coefficient (Wildman–Crippen LogP) is 4.24. The third-order valence-electron chi connectivity index (χ3n) is 3.84. The van der Waals surface area contributed by atoms with Gasteiger partial charge in [-0.1, -0.05) is 18.2 Å². The van der Waals surface area contributed by atoms with Crippen molar-refractivity contribution >= 4 is 39.7 Å². The maximum atomic E-state index is 12.5. The van der Waals surface area contributed by atoms with E-state index in [1.54, 1.807) is 32.0 Å². The van der Waals surface area contributed by atoms with Gasteiger partial charge in [-0.05, 0) is 37.6 Å². The van der Waals surface area contributed by atoms with Crippen LogP contribution < -0.4 is 10.3 Å². The summed E-state index contributed by atoms with van der Waals surface area (Å²) in [6.45, 7) is 0.642. The summed E-state index contributed by atoms with van der Waals surface area (Å²) < 4.78 is 34.5. The van der Waals surface area contributed by atoms with Gasteiger partial charge in [0, 0.05) is 5.56 Å². The van der Waals surface area contributed by atoms with E-state index in [2.05, 4.69) is 14.7 Å². The van der Waals surface area contributed by atoms with Crippen LogP contribution in [-0.2, 0) is 4.74 Å². The molecule has 3 aromatic rings. The van der Waals surface area contributed by atoms with Gasteiger partial charge < -0.3 is 14.5 Å². The van der Waals surface area contributed by atoms with Gasteiger partial charge in [0.1, 0.15) is 21.3 Å². The summed E-state index contributed by atoms with van der Waals surface area (Å²) in [5.41, 5.74) is 0.518. The highest BCUT2D eigenvalue weighted by atomic mass is 32.1. The molecule has 146 valence electrons. The molecule has 0 saturated heterocycles. The molecule has 0 aliphatic rings. The van der Waals surface area contributed by atoms with E-state index in [9.17, 15) is 18.4 Å². The minimum atomic E-state index is -2.95. The van der Waals surface area contributed by atoms with Crippen molar-refractivity contribution in [2.24, 2.45) is 0 Å². The lowest BCUT2D eigenvalue weighted by Crippen LogP contribution is -2.10. The molecule has 0 bridgehead atoms. The van der Waals surface area contributed by atoms with Crippen molar-refractivity contribution in [3.63, 3.8) is 0 Å². The maximum absolute atomic E-state index is 12.5. The summed E-state index contributed by atoms with van der Waals surface area (Å²) in [5.74, 6) is -0.271. The average molecular weight is 406 g/mol. The Morgan fingerprint density at radius 1 is 1.32 bits per heavy atom. The monoisotopic (exact) mass is 406 g/mol. The van der Waals surface area contributed by atoms with E-state index in [1.165, 1.54) is 18.2 Å². The molecule has 2 aromatic heterocycles. The highest BCUT2D eigenvalue weighted by molar-refractivity contribution is 7.20. The Bertz CT molecular complexity index is 1100. The first kappa shape index (κ1) is 19.7. The first-order valence-corrected chi connectivity index (χ1v) is 9.14. The number of fused-ring (bicyclic) bond motifs is 1. The number of rotatable bonds is 6. The molecule has 3 rings (SSSR count). The van der Waals surface area contributed by atoms with Gasteiger partial charge in [0.05, 0.1) is 12.0 Å². The van der Waals surface area contributed by atoms with Crippen LogP contribution in [0, 0.1) is 6.92 Å². The van der Waals surface area contributed by atoms with Crippen LogP contribution in [0.1, 0.15) is 33.5 Å². The van der Waals surface area contributed by atoms with Crippen molar-refractivity contribution in [1.29, 1.82) is 0 Å².